The molecule has 0 saturated heterocycles. The fourth-order valence-corrected chi connectivity index (χ4v) is 2.40. The summed E-state index contributed by atoms with van der Waals surface area (Å²) in [6.45, 7) is 1.87. The molecule has 0 bridgehead atoms. The highest BCUT2D eigenvalue weighted by Gasteiger charge is 2.35. The lowest BCUT2D eigenvalue weighted by atomic mass is 9.80. The zero-order valence-corrected chi connectivity index (χ0v) is 8.95. The molecule has 0 aromatic heterocycles. The molecule has 15 heavy (non-hydrogen) atoms. The second-order valence-electron chi connectivity index (χ2n) is 4.40. The largest absolute Gasteiger partial charge is 0.508 e. The van der Waals surface area contributed by atoms with Crippen molar-refractivity contribution in [2.75, 3.05) is 0 Å². The highest BCUT2D eigenvalue weighted by molar-refractivity contribution is 5.41. The van der Waals surface area contributed by atoms with E-state index in [0.717, 1.165) is 36.8 Å². The Kier molecular flexibility index (Phi) is 2.40. The van der Waals surface area contributed by atoms with E-state index >= 15 is 0 Å². The topological polar surface area (TPSA) is 44.0 Å². The molecule has 0 unspecified atom stereocenters. The minimum atomic E-state index is -0.293. The summed E-state index contributed by atoms with van der Waals surface area (Å²) in [7, 11) is 0. The van der Waals surface area contributed by atoms with Gasteiger partial charge in [0.05, 0.1) is 11.5 Å². The van der Waals surface area contributed by atoms with Gasteiger partial charge in [-0.1, -0.05) is 25.0 Å². The van der Waals surface area contributed by atoms with Crippen LogP contribution < -0.4 is 0 Å². The normalized spacial score (nSPS) is 18.7. The number of hydrogen-bond donors (Lipinski definition) is 1. The molecule has 1 aliphatic rings. The molecule has 2 heteroatoms. The molecule has 78 valence electrons. The molecule has 2 nitrogen and oxygen atoms in total. The highest BCUT2D eigenvalue weighted by atomic mass is 16.3. The van der Waals surface area contributed by atoms with Crippen molar-refractivity contribution in [2.24, 2.45) is 0 Å². The van der Waals surface area contributed by atoms with Crippen molar-refractivity contribution in [1.29, 1.82) is 5.26 Å². The lowest BCUT2D eigenvalue weighted by Gasteiger charge is -2.21. The number of phenolic OH excluding ortho intramolecular Hbond substituents is 1. The summed E-state index contributed by atoms with van der Waals surface area (Å²) in [5.74, 6) is 0.310. The van der Waals surface area contributed by atoms with E-state index in [-0.39, 0.29) is 5.41 Å². The van der Waals surface area contributed by atoms with Gasteiger partial charge in [-0.25, -0.2) is 0 Å². The van der Waals surface area contributed by atoms with Gasteiger partial charge in [0.15, 0.2) is 0 Å². The van der Waals surface area contributed by atoms with Crippen molar-refractivity contribution in [1.82, 2.24) is 0 Å². The molecule has 1 aliphatic carbocycles. The Bertz CT molecular complexity index is 411. The molecule has 1 aromatic rings. The molecule has 0 heterocycles. The minimum Gasteiger partial charge on any atom is -0.508 e. The first-order valence-corrected chi connectivity index (χ1v) is 5.39. The second-order valence-corrected chi connectivity index (χ2v) is 4.40. The van der Waals surface area contributed by atoms with Crippen molar-refractivity contribution in [3.63, 3.8) is 0 Å². The van der Waals surface area contributed by atoms with Crippen LogP contribution in [-0.4, -0.2) is 5.11 Å². The van der Waals surface area contributed by atoms with Crippen molar-refractivity contribution < 1.29 is 5.11 Å². The van der Waals surface area contributed by atoms with E-state index < -0.39 is 0 Å². The van der Waals surface area contributed by atoms with Gasteiger partial charge in [0.25, 0.3) is 0 Å². The molecule has 0 atom stereocenters. The van der Waals surface area contributed by atoms with E-state index in [1.54, 1.807) is 6.07 Å². The molecule has 1 saturated carbocycles. The zero-order chi connectivity index (χ0) is 10.9. The fourth-order valence-electron chi connectivity index (χ4n) is 2.40. The van der Waals surface area contributed by atoms with Gasteiger partial charge in [-0.2, -0.15) is 5.26 Å². The third-order valence-corrected chi connectivity index (χ3v) is 3.42. The average Bonchev–Trinajstić information content (AvgIpc) is 2.72. The van der Waals surface area contributed by atoms with E-state index in [4.69, 9.17) is 0 Å². The van der Waals surface area contributed by atoms with E-state index in [9.17, 15) is 10.4 Å². The molecule has 1 fully saturated rings. The lowest BCUT2D eigenvalue weighted by molar-refractivity contribution is 0.469. The number of nitriles is 1. The van der Waals surface area contributed by atoms with Crippen LogP contribution in [0.15, 0.2) is 18.2 Å². The first-order valence-electron chi connectivity index (χ1n) is 5.39. The third-order valence-electron chi connectivity index (χ3n) is 3.42. The molecular weight excluding hydrogens is 186 g/mol. The van der Waals surface area contributed by atoms with E-state index in [1.807, 2.05) is 19.1 Å². The summed E-state index contributed by atoms with van der Waals surface area (Å²) < 4.78 is 0. The molecule has 0 amide bonds. The van der Waals surface area contributed by atoms with Gasteiger partial charge in [0.1, 0.15) is 5.75 Å². The molecular formula is C13H15NO. The molecule has 1 aromatic carbocycles. The van der Waals surface area contributed by atoms with Crippen LogP contribution >= 0.6 is 0 Å². The number of hydrogen-bond acceptors (Lipinski definition) is 2. The number of aryl methyl sites for hydroxylation is 1. The minimum absolute atomic E-state index is 0.293. The van der Waals surface area contributed by atoms with E-state index in [0.29, 0.717) is 5.75 Å². The van der Waals surface area contributed by atoms with E-state index in [2.05, 4.69) is 6.07 Å². The van der Waals surface area contributed by atoms with Gasteiger partial charge in [0.2, 0.25) is 0 Å². The third kappa shape index (κ3) is 1.59. The van der Waals surface area contributed by atoms with Crippen LogP contribution in [0, 0.1) is 18.3 Å². The Morgan fingerprint density at radius 2 is 2.00 bits per heavy atom. The van der Waals surface area contributed by atoms with Crippen molar-refractivity contribution in [3.05, 3.63) is 29.3 Å². The Labute approximate surface area is 90.2 Å². The lowest BCUT2D eigenvalue weighted by Crippen LogP contribution is -2.19. The highest BCUT2D eigenvalue weighted by Crippen LogP contribution is 2.41. The number of benzene rings is 1. The number of aromatic hydroxyl groups is 1. The molecule has 0 spiro atoms. The van der Waals surface area contributed by atoms with Gasteiger partial charge in [0, 0.05) is 0 Å². The summed E-state index contributed by atoms with van der Waals surface area (Å²) >= 11 is 0. The fraction of sp³-hybridized carbons (Fsp3) is 0.462. The summed E-state index contributed by atoms with van der Waals surface area (Å²) in [5.41, 5.74) is 1.63. The maximum atomic E-state index is 9.46. The summed E-state index contributed by atoms with van der Waals surface area (Å²) in [4.78, 5) is 0. The Hall–Kier alpha value is -1.49. The van der Waals surface area contributed by atoms with Crippen LogP contribution in [0.1, 0.15) is 36.8 Å². The number of phenols is 1. The van der Waals surface area contributed by atoms with Crippen molar-refractivity contribution in [3.8, 4) is 11.8 Å². The Morgan fingerprint density at radius 3 is 2.53 bits per heavy atom. The predicted molar refractivity (Wildman–Crippen MR) is 58.6 cm³/mol. The molecule has 0 aliphatic heterocycles. The van der Waals surface area contributed by atoms with Gasteiger partial charge in [-0.15, -0.1) is 0 Å². The molecule has 1 N–H and O–H groups in total. The monoisotopic (exact) mass is 201 g/mol. The maximum Gasteiger partial charge on any atom is 0.118 e. The van der Waals surface area contributed by atoms with Crippen LogP contribution in [0.3, 0.4) is 0 Å². The van der Waals surface area contributed by atoms with Crippen molar-refractivity contribution >= 4 is 0 Å². The van der Waals surface area contributed by atoms with E-state index in [1.165, 1.54) is 0 Å². The molecule has 2 rings (SSSR count). The predicted octanol–water partition coefficient (Wildman–Crippen LogP) is 3.04. The van der Waals surface area contributed by atoms with Crippen molar-refractivity contribution in [2.45, 2.75) is 38.0 Å². The SMILES string of the molecule is Cc1cc(C2(C#N)CCCC2)ccc1O. The van der Waals surface area contributed by atoms with Gasteiger partial charge in [-0.3, -0.25) is 0 Å². The van der Waals surface area contributed by atoms with Crippen LogP contribution in [-0.2, 0) is 5.41 Å². The van der Waals surface area contributed by atoms with Crippen LogP contribution in [0.25, 0.3) is 0 Å². The first-order chi connectivity index (χ1) is 7.18. The average molecular weight is 201 g/mol. The first kappa shape index (κ1) is 10.0. The van der Waals surface area contributed by atoms with Gasteiger partial charge in [-0.05, 0) is 37.0 Å². The summed E-state index contributed by atoms with van der Waals surface area (Å²) in [6, 6.07) is 7.99. The second kappa shape index (κ2) is 3.58. The van der Waals surface area contributed by atoms with Crippen LogP contribution in [0.4, 0.5) is 0 Å². The van der Waals surface area contributed by atoms with Gasteiger partial charge < -0.3 is 5.11 Å². The standard InChI is InChI=1S/C13H15NO/c1-10-8-11(4-5-12(10)15)13(9-14)6-2-3-7-13/h4-5,8,15H,2-3,6-7H2,1H3. The Balaban J connectivity index is 2.44. The van der Waals surface area contributed by atoms with Crippen LogP contribution in [0.2, 0.25) is 0 Å². The van der Waals surface area contributed by atoms with Crippen LogP contribution in [0.5, 0.6) is 5.75 Å². The Morgan fingerprint density at radius 1 is 1.33 bits per heavy atom. The number of nitrogens with zero attached hydrogens (tertiary/aromatic N) is 1. The summed E-state index contributed by atoms with van der Waals surface area (Å²) in [5, 5.41) is 18.8. The zero-order valence-electron chi connectivity index (χ0n) is 8.95. The smallest absolute Gasteiger partial charge is 0.118 e. The maximum absolute atomic E-state index is 9.46. The number of rotatable bonds is 1. The molecule has 0 radical (unpaired) electrons. The quantitative estimate of drug-likeness (QED) is 0.759. The summed E-state index contributed by atoms with van der Waals surface area (Å²) in [6.07, 6.45) is 4.17. The van der Waals surface area contributed by atoms with Gasteiger partial charge >= 0.3 is 0 Å².